The van der Waals surface area contributed by atoms with Crippen molar-refractivity contribution < 1.29 is 38.1 Å². The minimum absolute atomic E-state index is 0.296. The Hall–Kier alpha value is -2.12. The van der Waals surface area contributed by atoms with Crippen LogP contribution in [0.15, 0.2) is 0 Å². The molecule has 0 aliphatic carbocycles. The molecule has 1 aliphatic rings. The van der Waals surface area contributed by atoms with Crippen molar-refractivity contribution in [3.8, 4) is 0 Å². The van der Waals surface area contributed by atoms with E-state index in [4.69, 9.17) is 18.9 Å². The molecule has 0 radical (unpaired) electrons. The zero-order valence-corrected chi connectivity index (χ0v) is 11.6. The van der Waals surface area contributed by atoms with Crippen molar-refractivity contribution in [2.75, 3.05) is 6.61 Å². The Morgan fingerprint density at radius 2 is 1.75 bits per heavy atom. The molecule has 8 heteroatoms. The second-order valence-corrected chi connectivity index (χ2v) is 4.48. The molecule has 1 aliphatic heterocycles. The van der Waals surface area contributed by atoms with Crippen molar-refractivity contribution in [1.82, 2.24) is 0 Å². The third-order valence-electron chi connectivity index (χ3n) is 2.64. The molecule has 0 aromatic heterocycles. The SMILES string of the molecule is CC(=O)OC[C@H]1OC(=O)[C@@](C)(OC(C)=O)[C@H]1OC(C)=O. The monoisotopic (exact) mass is 288 g/mol. The van der Waals surface area contributed by atoms with Gasteiger partial charge in [-0.15, -0.1) is 0 Å². The summed E-state index contributed by atoms with van der Waals surface area (Å²) in [4.78, 5) is 44.9. The maximum atomic E-state index is 11.8. The molecule has 8 nitrogen and oxygen atoms in total. The molecule has 1 fully saturated rings. The Labute approximate surface area is 115 Å². The molecule has 0 saturated carbocycles. The zero-order valence-electron chi connectivity index (χ0n) is 11.6. The maximum Gasteiger partial charge on any atom is 0.355 e. The van der Waals surface area contributed by atoms with Gasteiger partial charge in [0.2, 0.25) is 5.60 Å². The normalized spacial score (nSPS) is 28.5. The van der Waals surface area contributed by atoms with Crippen molar-refractivity contribution >= 4 is 23.9 Å². The summed E-state index contributed by atoms with van der Waals surface area (Å²) < 4.78 is 19.6. The molecule has 0 unspecified atom stereocenters. The summed E-state index contributed by atoms with van der Waals surface area (Å²) >= 11 is 0. The van der Waals surface area contributed by atoms with Gasteiger partial charge >= 0.3 is 23.9 Å². The molecular formula is C12H16O8. The average Bonchev–Trinajstić information content (AvgIpc) is 2.49. The summed E-state index contributed by atoms with van der Waals surface area (Å²) in [7, 11) is 0. The van der Waals surface area contributed by atoms with Gasteiger partial charge in [0.05, 0.1) is 0 Å². The summed E-state index contributed by atoms with van der Waals surface area (Å²) in [6.45, 7) is 4.42. The quantitative estimate of drug-likeness (QED) is 0.514. The lowest BCUT2D eigenvalue weighted by Crippen LogP contribution is -2.50. The highest BCUT2D eigenvalue weighted by atomic mass is 16.7. The van der Waals surface area contributed by atoms with Gasteiger partial charge in [0.1, 0.15) is 6.61 Å². The van der Waals surface area contributed by atoms with Crippen LogP contribution in [-0.4, -0.2) is 48.3 Å². The minimum Gasteiger partial charge on any atom is -0.462 e. The maximum absolute atomic E-state index is 11.8. The number of hydrogen-bond acceptors (Lipinski definition) is 8. The van der Waals surface area contributed by atoms with E-state index in [9.17, 15) is 19.2 Å². The third-order valence-corrected chi connectivity index (χ3v) is 2.64. The second kappa shape index (κ2) is 5.89. The molecule has 3 atom stereocenters. The van der Waals surface area contributed by atoms with E-state index in [-0.39, 0.29) is 6.61 Å². The summed E-state index contributed by atoms with van der Waals surface area (Å²) in [5.74, 6) is -2.85. The molecule has 0 amide bonds. The molecule has 1 saturated heterocycles. The molecule has 112 valence electrons. The molecule has 0 spiro atoms. The van der Waals surface area contributed by atoms with Crippen molar-refractivity contribution in [1.29, 1.82) is 0 Å². The summed E-state index contributed by atoms with van der Waals surface area (Å²) in [5, 5.41) is 0. The van der Waals surface area contributed by atoms with Crippen LogP contribution in [0.5, 0.6) is 0 Å². The van der Waals surface area contributed by atoms with E-state index in [2.05, 4.69) is 0 Å². The minimum atomic E-state index is -1.76. The van der Waals surface area contributed by atoms with E-state index in [0.717, 1.165) is 13.8 Å². The van der Waals surface area contributed by atoms with Gasteiger partial charge < -0.3 is 18.9 Å². The van der Waals surface area contributed by atoms with E-state index in [1.165, 1.54) is 13.8 Å². The van der Waals surface area contributed by atoms with Crippen LogP contribution in [0.4, 0.5) is 0 Å². The standard InChI is InChI=1S/C12H16O8/c1-6(13)17-5-9-10(18-7(2)14)12(4,11(16)19-9)20-8(3)15/h9-10H,5H2,1-4H3/t9-,10+,12+/m1/s1. The lowest BCUT2D eigenvalue weighted by atomic mass is 9.98. The molecule has 0 bridgehead atoms. The lowest BCUT2D eigenvalue weighted by molar-refractivity contribution is -0.181. The van der Waals surface area contributed by atoms with Gasteiger partial charge in [0.15, 0.2) is 12.2 Å². The zero-order chi connectivity index (χ0) is 15.5. The predicted molar refractivity (Wildman–Crippen MR) is 62.2 cm³/mol. The van der Waals surface area contributed by atoms with Crippen LogP contribution in [0.2, 0.25) is 0 Å². The van der Waals surface area contributed by atoms with Gasteiger partial charge in [0, 0.05) is 20.8 Å². The highest BCUT2D eigenvalue weighted by molar-refractivity contribution is 5.86. The second-order valence-electron chi connectivity index (χ2n) is 4.48. The van der Waals surface area contributed by atoms with E-state index in [1.807, 2.05) is 0 Å². The molecule has 20 heavy (non-hydrogen) atoms. The van der Waals surface area contributed by atoms with Crippen LogP contribution >= 0.6 is 0 Å². The fourth-order valence-corrected chi connectivity index (χ4v) is 1.87. The predicted octanol–water partition coefficient (Wildman–Crippen LogP) is -0.272. The van der Waals surface area contributed by atoms with E-state index in [1.54, 1.807) is 0 Å². The largest absolute Gasteiger partial charge is 0.462 e. The number of esters is 4. The fourth-order valence-electron chi connectivity index (χ4n) is 1.87. The Morgan fingerprint density at radius 1 is 1.15 bits per heavy atom. The van der Waals surface area contributed by atoms with Gasteiger partial charge in [0.25, 0.3) is 0 Å². The number of rotatable bonds is 4. The van der Waals surface area contributed by atoms with Gasteiger partial charge in [-0.25, -0.2) is 4.79 Å². The van der Waals surface area contributed by atoms with Gasteiger partial charge in [-0.1, -0.05) is 0 Å². The fraction of sp³-hybridized carbons (Fsp3) is 0.667. The van der Waals surface area contributed by atoms with Crippen molar-refractivity contribution in [3.05, 3.63) is 0 Å². The van der Waals surface area contributed by atoms with Gasteiger partial charge in [-0.2, -0.15) is 0 Å². The Balaban J connectivity index is 2.97. The topological polar surface area (TPSA) is 105 Å². The van der Waals surface area contributed by atoms with Crippen molar-refractivity contribution in [2.24, 2.45) is 0 Å². The lowest BCUT2D eigenvalue weighted by Gasteiger charge is -2.27. The smallest absolute Gasteiger partial charge is 0.355 e. The van der Waals surface area contributed by atoms with Crippen LogP contribution in [0, 0.1) is 0 Å². The van der Waals surface area contributed by atoms with Crippen LogP contribution < -0.4 is 0 Å². The number of carbonyl (C=O) groups is 4. The highest BCUT2D eigenvalue weighted by Crippen LogP contribution is 2.32. The Morgan fingerprint density at radius 3 is 2.20 bits per heavy atom. The first-order chi connectivity index (χ1) is 9.16. The van der Waals surface area contributed by atoms with E-state index < -0.39 is 41.7 Å². The van der Waals surface area contributed by atoms with Crippen LogP contribution in [0.3, 0.4) is 0 Å². The third kappa shape index (κ3) is 3.46. The highest BCUT2D eigenvalue weighted by Gasteiger charge is 2.60. The molecule has 0 aromatic carbocycles. The van der Waals surface area contributed by atoms with Crippen LogP contribution in [0.25, 0.3) is 0 Å². The Bertz CT molecular complexity index is 443. The average molecular weight is 288 g/mol. The Kier molecular flexibility index (Phi) is 4.69. The summed E-state index contributed by atoms with van der Waals surface area (Å²) in [5.41, 5.74) is -1.76. The molecule has 1 heterocycles. The molecule has 0 N–H and O–H groups in total. The first-order valence-corrected chi connectivity index (χ1v) is 5.88. The van der Waals surface area contributed by atoms with Gasteiger partial charge in [-0.05, 0) is 6.92 Å². The molecule has 1 rings (SSSR count). The number of carbonyl (C=O) groups excluding carboxylic acids is 4. The summed E-state index contributed by atoms with van der Waals surface area (Å²) in [6, 6.07) is 0. The van der Waals surface area contributed by atoms with Crippen molar-refractivity contribution in [3.63, 3.8) is 0 Å². The first kappa shape index (κ1) is 15.9. The number of cyclic esters (lactones) is 1. The summed E-state index contributed by atoms with van der Waals surface area (Å²) in [6.07, 6.45) is -2.21. The van der Waals surface area contributed by atoms with Crippen LogP contribution in [-0.2, 0) is 38.1 Å². The van der Waals surface area contributed by atoms with Crippen LogP contribution in [0.1, 0.15) is 27.7 Å². The van der Waals surface area contributed by atoms with E-state index in [0.29, 0.717) is 0 Å². The molecular weight excluding hydrogens is 272 g/mol. The number of ether oxygens (including phenoxy) is 4. The van der Waals surface area contributed by atoms with Gasteiger partial charge in [-0.3, -0.25) is 14.4 Å². The number of hydrogen-bond donors (Lipinski definition) is 0. The van der Waals surface area contributed by atoms with Crippen molar-refractivity contribution in [2.45, 2.75) is 45.5 Å². The first-order valence-electron chi connectivity index (χ1n) is 5.88. The molecule has 0 aromatic rings. The van der Waals surface area contributed by atoms with E-state index >= 15 is 0 Å².